The van der Waals surface area contributed by atoms with E-state index in [1.54, 1.807) is 12.4 Å². The molecular weight excluding hydrogens is 331 g/mol. The molecule has 1 aromatic carbocycles. The van der Waals surface area contributed by atoms with Crippen LogP contribution < -0.4 is 10.5 Å². The van der Waals surface area contributed by atoms with Crippen LogP contribution in [-0.4, -0.2) is 30.8 Å². The minimum Gasteiger partial charge on any atom is -0.330 e. The molecule has 1 heterocycles. The molecule has 0 aliphatic heterocycles. The first-order chi connectivity index (χ1) is 11.4. The molecule has 0 radical (unpaired) electrons. The predicted octanol–water partition coefficient (Wildman–Crippen LogP) is 1.73. The Morgan fingerprint density at radius 2 is 2.21 bits per heavy atom. The van der Waals surface area contributed by atoms with Gasteiger partial charge in [0.1, 0.15) is 11.5 Å². The van der Waals surface area contributed by atoms with Crippen LogP contribution in [-0.2, 0) is 10.0 Å². The quantitative estimate of drug-likeness (QED) is 0.857. The lowest BCUT2D eigenvalue weighted by molar-refractivity contribution is 0.452. The maximum atomic E-state index is 14.4. The SMILES string of the molecule is Cc1cnn(-c2ccc(S(=O)(=O)NC3CCCC3CN)cc2F)c1. The molecule has 1 aliphatic rings. The van der Waals surface area contributed by atoms with E-state index < -0.39 is 15.8 Å². The molecule has 1 fully saturated rings. The van der Waals surface area contributed by atoms with Gasteiger partial charge in [-0.3, -0.25) is 0 Å². The monoisotopic (exact) mass is 352 g/mol. The Labute approximate surface area is 140 Å². The smallest absolute Gasteiger partial charge is 0.240 e. The summed E-state index contributed by atoms with van der Waals surface area (Å²) in [5, 5.41) is 4.04. The van der Waals surface area contributed by atoms with Crippen LogP contribution in [0.15, 0.2) is 35.5 Å². The molecule has 3 rings (SSSR count). The summed E-state index contributed by atoms with van der Waals surface area (Å²) < 4.78 is 43.4. The summed E-state index contributed by atoms with van der Waals surface area (Å²) in [6.45, 7) is 2.29. The number of hydrogen-bond donors (Lipinski definition) is 2. The summed E-state index contributed by atoms with van der Waals surface area (Å²) in [6.07, 6.45) is 5.90. The number of sulfonamides is 1. The van der Waals surface area contributed by atoms with E-state index >= 15 is 0 Å². The molecule has 6 nitrogen and oxygen atoms in total. The average molecular weight is 352 g/mol. The number of nitrogens with zero attached hydrogens (tertiary/aromatic N) is 2. The van der Waals surface area contributed by atoms with Gasteiger partial charge in [0.15, 0.2) is 0 Å². The van der Waals surface area contributed by atoms with Gasteiger partial charge in [0.05, 0.1) is 11.1 Å². The third-order valence-electron chi connectivity index (χ3n) is 4.46. The molecule has 1 aliphatic carbocycles. The van der Waals surface area contributed by atoms with Crippen molar-refractivity contribution >= 4 is 10.0 Å². The van der Waals surface area contributed by atoms with Crippen LogP contribution in [0.3, 0.4) is 0 Å². The molecule has 3 N–H and O–H groups in total. The van der Waals surface area contributed by atoms with Gasteiger partial charge in [-0.05, 0) is 56.0 Å². The number of nitrogens with one attached hydrogen (secondary N) is 1. The van der Waals surface area contributed by atoms with Crippen LogP contribution in [0.4, 0.5) is 4.39 Å². The topological polar surface area (TPSA) is 90.0 Å². The fraction of sp³-hybridized carbons (Fsp3) is 0.438. The van der Waals surface area contributed by atoms with Gasteiger partial charge in [-0.1, -0.05) is 6.42 Å². The summed E-state index contributed by atoms with van der Waals surface area (Å²) in [7, 11) is -3.78. The zero-order valence-electron chi connectivity index (χ0n) is 13.4. The van der Waals surface area contributed by atoms with E-state index in [4.69, 9.17) is 5.73 Å². The van der Waals surface area contributed by atoms with Crippen LogP contribution in [0.5, 0.6) is 0 Å². The average Bonchev–Trinajstić information content (AvgIpc) is 3.15. The molecule has 1 saturated carbocycles. The molecule has 24 heavy (non-hydrogen) atoms. The number of aromatic nitrogens is 2. The summed E-state index contributed by atoms with van der Waals surface area (Å²) in [5.74, 6) is -0.501. The Morgan fingerprint density at radius 1 is 1.42 bits per heavy atom. The lowest BCUT2D eigenvalue weighted by Gasteiger charge is -2.19. The normalized spacial score (nSPS) is 21.3. The number of rotatable bonds is 5. The molecule has 0 spiro atoms. The second-order valence-electron chi connectivity index (χ2n) is 6.23. The van der Waals surface area contributed by atoms with Gasteiger partial charge in [-0.25, -0.2) is 22.2 Å². The third kappa shape index (κ3) is 3.35. The van der Waals surface area contributed by atoms with E-state index in [0.717, 1.165) is 30.9 Å². The van der Waals surface area contributed by atoms with Crippen molar-refractivity contribution < 1.29 is 12.8 Å². The van der Waals surface area contributed by atoms with E-state index in [2.05, 4.69) is 9.82 Å². The van der Waals surface area contributed by atoms with Crippen LogP contribution in [0.1, 0.15) is 24.8 Å². The first-order valence-corrected chi connectivity index (χ1v) is 9.42. The van der Waals surface area contributed by atoms with Gasteiger partial charge in [-0.15, -0.1) is 0 Å². The standard InChI is InChI=1S/C16H21FN4O2S/c1-11-9-19-21(10-11)16-6-5-13(7-14(16)17)24(22,23)20-15-4-2-3-12(15)8-18/h5-7,9-10,12,15,20H,2-4,8,18H2,1H3. The Morgan fingerprint density at radius 3 is 2.83 bits per heavy atom. The second kappa shape index (κ2) is 6.62. The van der Waals surface area contributed by atoms with E-state index in [9.17, 15) is 12.8 Å². The molecule has 2 unspecified atom stereocenters. The van der Waals surface area contributed by atoms with Gasteiger partial charge in [-0.2, -0.15) is 5.10 Å². The van der Waals surface area contributed by atoms with Crippen LogP contribution >= 0.6 is 0 Å². The van der Waals surface area contributed by atoms with Crippen molar-refractivity contribution in [1.82, 2.24) is 14.5 Å². The minimum atomic E-state index is -3.78. The Balaban J connectivity index is 1.85. The lowest BCUT2D eigenvalue weighted by Crippen LogP contribution is -2.39. The highest BCUT2D eigenvalue weighted by molar-refractivity contribution is 7.89. The summed E-state index contributed by atoms with van der Waals surface area (Å²) in [6, 6.07) is 3.66. The van der Waals surface area contributed by atoms with Gasteiger partial charge < -0.3 is 5.73 Å². The minimum absolute atomic E-state index is 0.0877. The maximum absolute atomic E-state index is 14.4. The summed E-state index contributed by atoms with van der Waals surface area (Å²) in [4.78, 5) is -0.0877. The Bertz CT molecular complexity index is 834. The number of aryl methyl sites for hydroxylation is 1. The van der Waals surface area contributed by atoms with Gasteiger partial charge in [0.2, 0.25) is 10.0 Å². The number of nitrogens with two attached hydrogens (primary N) is 1. The molecular formula is C16H21FN4O2S. The molecule has 0 bridgehead atoms. The highest BCUT2D eigenvalue weighted by Crippen LogP contribution is 2.26. The number of benzene rings is 1. The van der Waals surface area contributed by atoms with Crippen LogP contribution in [0.25, 0.3) is 5.69 Å². The fourth-order valence-corrected chi connectivity index (χ4v) is 4.48. The predicted molar refractivity (Wildman–Crippen MR) is 88.8 cm³/mol. The van der Waals surface area contributed by atoms with Crippen LogP contribution in [0, 0.1) is 18.7 Å². The van der Waals surface area contributed by atoms with Gasteiger partial charge >= 0.3 is 0 Å². The number of hydrogen-bond acceptors (Lipinski definition) is 4. The van der Waals surface area contributed by atoms with E-state index in [0.29, 0.717) is 6.54 Å². The van der Waals surface area contributed by atoms with Crippen molar-refractivity contribution in [3.8, 4) is 5.69 Å². The maximum Gasteiger partial charge on any atom is 0.240 e. The van der Waals surface area contributed by atoms with Crippen molar-refractivity contribution in [1.29, 1.82) is 0 Å². The molecule has 130 valence electrons. The van der Waals surface area contributed by atoms with E-state index in [-0.39, 0.29) is 22.5 Å². The lowest BCUT2D eigenvalue weighted by atomic mass is 10.1. The zero-order chi connectivity index (χ0) is 17.3. The first-order valence-electron chi connectivity index (χ1n) is 7.94. The third-order valence-corrected chi connectivity index (χ3v) is 5.94. The van der Waals surface area contributed by atoms with Crippen molar-refractivity contribution in [2.24, 2.45) is 11.7 Å². The molecule has 0 saturated heterocycles. The molecule has 2 atom stereocenters. The fourth-order valence-electron chi connectivity index (χ4n) is 3.13. The van der Waals surface area contributed by atoms with E-state index in [1.807, 2.05) is 6.92 Å². The van der Waals surface area contributed by atoms with Crippen molar-refractivity contribution in [2.45, 2.75) is 37.1 Å². The Hall–Kier alpha value is -1.77. The highest BCUT2D eigenvalue weighted by Gasteiger charge is 2.30. The molecule has 8 heteroatoms. The van der Waals surface area contributed by atoms with Crippen molar-refractivity contribution in [3.05, 3.63) is 42.0 Å². The molecule has 2 aromatic rings. The summed E-state index contributed by atoms with van der Waals surface area (Å²) >= 11 is 0. The first kappa shape index (κ1) is 17.1. The van der Waals surface area contributed by atoms with Gasteiger partial charge in [0, 0.05) is 12.2 Å². The number of halogens is 1. The highest BCUT2D eigenvalue weighted by atomic mass is 32.2. The summed E-state index contributed by atoms with van der Waals surface area (Å²) in [5.41, 5.74) is 6.79. The van der Waals surface area contributed by atoms with Gasteiger partial charge in [0.25, 0.3) is 0 Å². The van der Waals surface area contributed by atoms with E-state index in [1.165, 1.54) is 16.8 Å². The largest absolute Gasteiger partial charge is 0.330 e. The zero-order valence-corrected chi connectivity index (χ0v) is 14.3. The second-order valence-corrected chi connectivity index (χ2v) is 7.94. The van der Waals surface area contributed by atoms with Crippen molar-refractivity contribution in [2.75, 3.05) is 6.54 Å². The van der Waals surface area contributed by atoms with Crippen LogP contribution in [0.2, 0.25) is 0 Å². The molecule has 0 amide bonds. The molecule has 1 aromatic heterocycles. The van der Waals surface area contributed by atoms with Crippen molar-refractivity contribution in [3.63, 3.8) is 0 Å². The Kier molecular flexibility index (Phi) is 4.71.